The maximum Gasteiger partial charge on any atom is 0.311 e. The molecule has 4 unspecified atom stereocenters. The molecule has 4 aliphatic carbocycles. The van der Waals surface area contributed by atoms with Gasteiger partial charge in [-0.3, -0.25) is 15.9 Å². The van der Waals surface area contributed by atoms with Gasteiger partial charge in [0.1, 0.15) is 0 Å². The Morgan fingerprint density at radius 3 is 2.14 bits per heavy atom. The van der Waals surface area contributed by atoms with Crippen molar-refractivity contribution >= 4 is 18.2 Å². The Kier molecular flexibility index (Phi) is 4.86. The summed E-state index contributed by atoms with van der Waals surface area (Å²) < 4.78 is 10.0. The van der Waals surface area contributed by atoms with E-state index in [9.17, 15) is 14.4 Å². The third-order valence-electron chi connectivity index (χ3n) is 5.93. The first-order valence-electron chi connectivity index (χ1n) is 7.49. The Morgan fingerprint density at radius 1 is 0.955 bits per heavy atom. The number of carbonyl (C=O) groups is 2. The predicted molar refractivity (Wildman–Crippen MR) is 72.8 cm³/mol. The van der Waals surface area contributed by atoms with Crippen molar-refractivity contribution in [1.82, 2.24) is 0 Å². The van der Waals surface area contributed by atoms with Crippen molar-refractivity contribution in [3.8, 4) is 0 Å². The molecule has 0 radical (unpaired) electrons. The summed E-state index contributed by atoms with van der Waals surface area (Å²) in [6.07, 6.45) is 6.49. The third kappa shape index (κ3) is 2.47. The minimum atomic E-state index is -0.724. The van der Waals surface area contributed by atoms with Crippen LogP contribution in [0, 0.1) is 53.3 Å². The first-order chi connectivity index (χ1) is 9.93. The van der Waals surface area contributed by atoms with Crippen molar-refractivity contribution in [2.45, 2.75) is 44.9 Å². The zero-order valence-electron chi connectivity index (χ0n) is 13.1. The largest absolute Gasteiger partial charge is 0.541 e. The van der Waals surface area contributed by atoms with Gasteiger partial charge in [-0.05, 0) is 31.6 Å². The van der Waals surface area contributed by atoms with Gasteiger partial charge in [0.2, 0.25) is 0 Å². The molecule has 0 N–H and O–H groups in total. The maximum absolute atomic E-state index is 12.4. The minimum absolute atomic E-state index is 0. The number of hydrogen-bond acceptors (Lipinski definition) is 5. The maximum atomic E-state index is 12.4. The van der Waals surface area contributed by atoms with Crippen LogP contribution < -0.4 is 0 Å². The van der Waals surface area contributed by atoms with Crippen LogP contribution >= 0.6 is 0 Å². The van der Waals surface area contributed by atoms with E-state index in [1.54, 1.807) is 0 Å². The summed E-state index contributed by atoms with van der Waals surface area (Å²) in [7, 11) is 2.77. The topological polar surface area (TPSA) is 69.7 Å². The summed E-state index contributed by atoms with van der Waals surface area (Å²) in [5, 5.41) is 0. The van der Waals surface area contributed by atoms with E-state index in [1.165, 1.54) is 14.2 Å². The molecule has 0 aliphatic heterocycles. The van der Waals surface area contributed by atoms with E-state index in [0.29, 0.717) is 38.5 Å². The number of methoxy groups -OCH3 is 2. The molecule has 5 nitrogen and oxygen atoms in total. The van der Waals surface area contributed by atoms with E-state index < -0.39 is 16.2 Å². The number of carbonyl (C=O) groups excluding carboxylic acids is 3. The van der Waals surface area contributed by atoms with E-state index in [4.69, 9.17) is 9.47 Å². The van der Waals surface area contributed by atoms with Gasteiger partial charge in [0, 0.05) is 31.1 Å². The molecule has 0 amide bonds. The molecule has 0 saturated heterocycles. The average molecular weight is 531 g/mol. The Balaban J connectivity index is 0.00000176. The van der Waals surface area contributed by atoms with Crippen molar-refractivity contribution < 1.29 is 55.0 Å². The van der Waals surface area contributed by atoms with Crippen molar-refractivity contribution in [2.75, 3.05) is 14.2 Å². The second-order valence-electron chi connectivity index (χ2n) is 7.26. The van der Waals surface area contributed by atoms with E-state index in [2.05, 4.69) is 6.29 Å². The average Bonchev–Trinajstić information content (AvgIpc) is 2.67. The van der Waals surface area contributed by atoms with E-state index >= 15 is 0 Å². The second-order valence-corrected chi connectivity index (χ2v) is 7.26. The van der Waals surface area contributed by atoms with Gasteiger partial charge in [0.15, 0.2) is 0 Å². The molecule has 120 valence electrons. The molecule has 0 aromatic heterocycles. The molecule has 6 heteroatoms. The summed E-state index contributed by atoms with van der Waals surface area (Å²) in [6.45, 7) is 0. The van der Waals surface area contributed by atoms with Gasteiger partial charge >= 0.3 is 11.9 Å². The fourth-order valence-corrected chi connectivity index (χ4v) is 5.43. The minimum Gasteiger partial charge on any atom is -0.541 e. The molecule has 0 heterocycles. The Bertz CT molecular complexity index is 507. The summed E-state index contributed by atoms with van der Waals surface area (Å²) >= 11 is 0. The monoisotopic (exact) mass is 531 g/mol. The Labute approximate surface area is 154 Å². The molecule has 0 aromatic carbocycles. The van der Waals surface area contributed by atoms with Crippen molar-refractivity contribution in [3.05, 3.63) is 0 Å². The molecule has 0 aromatic rings. The first-order valence-corrected chi connectivity index (χ1v) is 7.49. The van der Waals surface area contributed by atoms with Gasteiger partial charge in [-0.25, -0.2) is 0 Å². The fourth-order valence-electron chi connectivity index (χ4n) is 5.43. The van der Waals surface area contributed by atoms with Crippen molar-refractivity contribution in [3.63, 3.8) is 0 Å². The molecule has 22 heavy (non-hydrogen) atoms. The van der Waals surface area contributed by atoms with Crippen LogP contribution in [0.15, 0.2) is 0 Å². The van der Waals surface area contributed by atoms with Crippen LogP contribution in [0.4, 0.5) is 0 Å². The zero-order valence-corrected chi connectivity index (χ0v) is 17.2. The predicted octanol–water partition coefficient (Wildman–Crippen LogP) is 1.79. The van der Waals surface area contributed by atoms with E-state index in [0.717, 1.165) is 6.42 Å². The standard InChI is InChI=1S/C16H21O5.U/c1-20-12(18)15-4-3-14(10-17)5-11(6-15)7-16(8-14,9-15)13(19)21-2;/h11H,3-9H2,1-2H3;/q-1;. The fraction of sp³-hybridized carbons (Fsp3) is 0.812. The van der Waals surface area contributed by atoms with Gasteiger partial charge in [-0.15, -0.1) is 5.41 Å². The van der Waals surface area contributed by atoms with Gasteiger partial charge in [-0.2, -0.15) is 0 Å². The van der Waals surface area contributed by atoms with E-state index in [1.807, 2.05) is 0 Å². The van der Waals surface area contributed by atoms with Crippen LogP contribution in [0.25, 0.3) is 0 Å². The Hall–Kier alpha value is -0.338. The number of fused-ring (bicyclic) bond motifs is 1. The molecule has 4 bridgehead atoms. The van der Waals surface area contributed by atoms with Crippen LogP contribution in [-0.2, 0) is 23.9 Å². The smallest absolute Gasteiger partial charge is 0.311 e. The third-order valence-corrected chi connectivity index (χ3v) is 5.93. The molecule has 4 aliphatic rings. The van der Waals surface area contributed by atoms with Crippen molar-refractivity contribution in [2.24, 2.45) is 22.2 Å². The summed E-state index contributed by atoms with van der Waals surface area (Å²) in [5.41, 5.74) is -1.96. The number of hydrogen-bond donors (Lipinski definition) is 0. The first kappa shape index (κ1) is 18.0. The molecular formula is C16H21O5U-. The zero-order chi connectivity index (χ0) is 15.3. The van der Waals surface area contributed by atoms with E-state index in [-0.39, 0.29) is 49.0 Å². The molecular weight excluding hydrogens is 510 g/mol. The molecule has 4 fully saturated rings. The summed E-state index contributed by atoms with van der Waals surface area (Å²) in [4.78, 5) is 36.4. The normalized spacial score (nSPS) is 42.0. The van der Waals surface area contributed by atoms with Gasteiger partial charge in [0.25, 0.3) is 0 Å². The van der Waals surface area contributed by atoms with Gasteiger partial charge in [0.05, 0.1) is 25.0 Å². The van der Waals surface area contributed by atoms with Crippen LogP contribution in [-0.4, -0.2) is 32.4 Å². The second kappa shape index (κ2) is 5.94. The number of rotatable bonds is 3. The Morgan fingerprint density at radius 2 is 1.55 bits per heavy atom. The van der Waals surface area contributed by atoms with Crippen LogP contribution in [0.3, 0.4) is 0 Å². The molecule has 0 spiro atoms. The quantitative estimate of drug-likeness (QED) is 0.411. The van der Waals surface area contributed by atoms with Gasteiger partial charge < -0.3 is 14.3 Å². The molecule has 4 saturated carbocycles. The van der Waals surface area contributed by atoms with Crippen LogP contribution in [0.5, 0.6) is 0 Å². The van der Waals surface area contributed by atoms with Gasteiger partial charge in [-0.1, -0.05) is 19.3 Å². The van der Waals surface area contributed by atoms with Crippen molar-refractivity contribution in [1.29, 1.82) is 0 Å². The molecule has 4 rings (SSSR count). The van der Waals surface area contributed by atoms with Crippen LogP contribution in [0.1, 0.15) is 44.9 Å². The summed E-state index contributed by atoms with van der Waals surface area (Å²) in [6, 6.07) is 0. The number of ether oxygens (including phenoxy) is 2. The van der Waals surface area contributed by atoms with Crippen LogP contribution in [0.2, 0.25) is 0 Å². The summed E-state index contributed by atoms with van der Waals surface area (Å²) in [5.74, 6) is -0.347. The number of esters is 2. The SMILES string of the molecule is COC(=O)C12CCC3([C-]=O)CC(C1)CC(C(=O)OC)(C3)C2.[U]. The molecule has 4 atom stereocenters.